The highest BCUT2D eigenvalue weighted by molar-refractivity contribution is 6.09. The largest absolute Gasteiger partial charge is 0.352 e. The Morgan fingerprint density at radius 3 is 2.21 bits per heavy atom. The molecule has 4 fully saturated rings. The third-order valence-electron chi connectivity index (χ3n) is 7.82. The van der Waals surface area contributed by atoms with Crippen LogP contribution in [0.15, 0.2) is 0 Å². The normalized spacial score (nSPS) is 27.8. The molecule has 0 bridgehead atoms. The molecule has 2 saturated carbocycles. The second-order valence-electron chi connectivity index (χ2n) is 9.62. The van der Waals surface area contributed by atoms with E-state index in [-0.39, 0.29) is 17.4 Å². The lowest BCUT2D eigenvalue weighted by Gasteiger charge is -2.48. The van der Waals surface area contributed by atoms with Crippen molar-refractivity contribution in [2.45, 2.75) is 101 Å². The Hall–Kier alpha value is -1.63. The maximum atomic E-state index is 13.0. The van der Waals surface area contributed by atoms with Crippen molar-refractivity contribution in [3.63, 3.8) is 0 Å². The summed E-state index contributed by atoms with van der Waals surface area (Å²) in [5.41, 5.74) is -0.720. The average molecular weight is 405 g/mol. The van der Waals surface area contributed by atoms with Crippen LogP contribution in [0.1, 0.15) is 84.0 Å². The number of hydrogen-bond acceptors (Lipinski definition) is 4. The van der Waals surface area contributed by atoms with Gasteiger partial charge in [-0.25, -0.2) is 9.69 Å². The molecule has 1 spiro atoms. The first kappa shape index (κ1) is 20.6. The molecule has 2 N–H and O–H groups in total. The lowest BCUT2D eigenvalue weighted by atomic mass is 9.79. The van der Waals surface area contributed by atoms with Crippen molar-refractivity contribution in [1.29, 1.82) is 0 Å². The molecule has 2 aliphatic carbocycles. The van der Waals surface area contributed by atoms with Gasteiger partial charge in [-0.2, -0.15) is 0 Å². The van der Waals surface area contributed by atoms with Crippen LogP contribution in [-0.4, -0.2) is 64.4 Å². The summed E-state index contributed by atoms with van der Waals surface area (Å²) < 4.78 is 0. The molecule has 162 valence electrons. The molecule has 29 heavy (non-hydrogen) atoms. The van der Waals surface area contributed by atoms with E-state index in [4.69, 9.17) is 0 Å². The van der Waals surface area contributed by atoms with Crippen LogP contribution in [0.4, 0.5) is 4.79 Å². The predicted octanol–water partition coefficient (Wildman–Crippen LogP) is 2.54. The van der Waals surface area contributed by atoms with Crippen molar-refractivity contribution in [2.24, 2.45) is 0 Å². The lowest BCUT2D eigenvalue weighted by molar-refractivity contribution is -0.138. The Balaban J connectivity index is 1.41. The zero-order valence-electron chi connectivity index (χ0n) is 17.8. The number of piperidine rings is 1. The first-order chi connectivity index (χ1) is 14.0. The van der Waals surface area contributed by atoms with Gasteiger partial charge in [-0.15, -0.1) is 0 Å². The van der Waals surface area contributed by atoms with Gasteiger partial charge in [-0.3, -0.25) is 14.5 Å². The summed E-state index contributed by atoms with van der Waals surface area (Å²) in [7, 11) is 0. The predicted molar refractivity (Wildman–Crippen MR) is 110 cm³/mol. The lowest BCUT2D eigenvalue weighted by Crippen LogP contribution is -2.59. The van der Waals surface area contributed by atoms with Crippen LogP contribution in [0.5, 0.6) is 0 Å². The number of nitrogens with zero attached hydrogens (tertiary/aromatic N) is 2. The van der Waals surface area contributed by atoms with Gasteiger partial charge in [0.2, 0.25) is 5.91 Å². The summed E-state index contributed by atoms with van der Waals surface area (Å²) in [6.45, 7) is 4.52. The quantitative estimate of drug-likeness (QED) is 0.690. The van der Waals surface area contributed by atoms with Crippen molar-refractivity contribution in [3.05, 3.63) is 0 Å². The van der Waals surface area contributed by atoms with E-state index in [1.165, 1.54) is 38.5 Å². The second kappa shape index (κ2) is 8.25. The molecule has 0 aromatic carbocycles. The molecular formula is C22H36N4O3. The van der Waals surface area contributed by atoms with Crippen LogP contribution in [0.3, 0.4) is 0 Å². The molecule has 2 aliphatic heterocycles. The highest BCUT2D eigenvalue weighted by atomic mass is 16.2. The number of likely N-dealkylation sites (tertiary alicyclic amines) is 1. The fraction of sp³-hybridized carbons (Fsp3) is 0.864. The Labute approximate surface area is 173 Å². The van der Waals surface area contributed by atoms with E-state index < -0.39 is 17.6 Å². The number of rotatable bonds is 5. The molecule has 7 nitrogen and oxygen atoms in total. The van der Waals surface area contributed by atoms with Gasteiger partial charge < -0.3 is 10.6 Å². The summed E-state index contributed by atoms with van der Waals surface area (Å²) in [5, 5.41) is 6.01. The first-order valence-corrected chi connectivity index (χ1v) is 11.7. The van der Waals surface area contributed by atoms with Crippen LogP contribution in [0.2, 0.25) is 0 Å². The van der Waals surface area contributed by atoms with Crippen LogP contribution >= 0.6 is 0 Å². The molecular weight excluding hydrogens is 368 g/mol. The maximum absolute atomic E-state index is 13.0. The number of amides is 4. The van der Waals surface area contributed by atoms with E-state index in [1.54, 1.807) is 6.92 Å². The number of hydrogen-bond donors (Lipinski definition) is 2. The Morgan fingerprint density at radius 2 is 1.55 bits per heavy atom. The zero-order valence-corrected chi connectivity index (χ0v) is 17.8. The summed E-state index contributed by atoms with van der Waals surface area (Å²) in [5.74, 6) is -0.434. The third-order valence-corrected chi connectivity index (χ3v) is 7.82. The fourth-order valence-corrected chi connectivity index (χ4v) is 6.01. The monoisotopic (exact) mass is 404 g/mol. The summed E-state index contributed by atoms with van der Waals surface area (Å²) in [6.07, 6.45) is 12.9. The summed E-state index contributed by atoms with van der Waals surface area (Å²) >= 11 is 0. The first-order valence-electron chi connectivity index (χ1n) is 11.7. The Bertz CT molecular complexity index is 646. The van der Waals surface area contributed by atoms with Crippen LogP contribution in [-0.2, 0) is 9.59 Å². The van der Waals surface area contributed by atoms with Gasteiger partial charge in [0.25, 0.3) is 5.91 Å². The molecule has 4 amide bonds. The molecule has 2 heterocycles. The molecule has 4 rings (SSSR count). The van der Waals surface area contributed by atoms with Crippen LogP contribution < -0.4 is 10.6 Å². The zero-order chi connectivity index (χ0) is 20.5. The van der Waals surface area contributed by atoms with Gasteiger partial charge in [-0.05, 0) is 58.5 Å². The molecule has 0 aromatic rings. The van der Waals surface area contributed by atoms with E-state index in [0.717, 1.165) is 43.7 Å². The van der Waals surface area contributed by atoms with Crippen molar-refractivity contribution in [3.8, 4) is 0 Å². The highest BCUT2D eigenvalue weighted by Gasteiger charge is 2.54. The molecule has 4 aliphatic rings. The van der Waals surface area contributed by atoms with Crippen molar-refractivity contribution < 1.29 is 14.4 Å². The molecule has 0 radical (unpaired) electrons. The van der Waals surface area contributed by atoms with Gasteiger partial charge in [0.1, 0.15) is 11.6 Å². The standard InChI is InChI=1S/C22H36N4O3/c1-17(26-19(28)22(24-20(26)29)12-6-7-13-22)18(27)23-16-21(10-4-2-5-11-21)25-14-8-3-9-15-25/h17H,2-16H2,1H3,(H,23,27)(H,24,29). The SMILES string of the molecule is CC(C(=O)NCC1(N2CCCCC2)CCCCC1)N1C(=O)NC2(CCCC2)C1=O. The highest BCUT2D eigenvalue weighted by Crippen LogP contribution is 2.37. The van der Waals surface area contributed by atoms with Gasteiger partial charge >= 0.3 is 6.03 Å². The number of nitrogens with one attached hydrogen (secondary N) is 2. The number of urea groups is 1. The maximum Gasteiger partial charge on any atom is 0.325 e. The molecule has 7 heteroatoms. The molecule has 2 saturated heterocycles. The van der Waals surface area contributed by atoms with Crippen LogP contribution in [0, 0.1) is 0 Å². The minimum absolute atomic E-state index is 0.0397. The van der Waals surface area contributed by atoms with Crippen LogP contribution in [0.25, 0.3) is 0 Å². The van der Waals surface area contributed by atoms with Crippen molar-refractivity contribution in [1.82, 2.24) is 20.4 Å². The molecule has 1 unspecified atom stereocenters. The van der Waals surface area contributed by atoms with E-state index in [1.807, 2.05) is 0 Å². The third kappa shape index (κ3) is 3.78. The second-order valence-corrected chi connectivity index (χ2v) is 9.62. The average Bonchev–Trinajstić information content (AvgIpc) is 3.31. The smallest absolute Gasteiger partial charge is 0.325 e. The van der Waals surface area contributed by atoms with Gasteiger partial charge in [0, 0.05) is 12.1 Å². The summed E-state index contributed by atoms with van der Waals surface area (Å²) in [6, 6.07) is -1.19. The molecule has 0 aromatic heterocycles. The fourth-order valence-electron chi connectivity index (χ4n) is 6.01. The summed E-state index contributed by atoms with van der Waals surface area (Å²) in [4.78, 5) is 42.2. The molecule has 1 atom stereocenters. The van der Waals surface area contributed by atoms with Gasteiger partial charge in [0.15, 0.2) is 0 Å². The number of carbonyl (C=O) groups is 3. The minimum atomic E-state index is -0.774. The van der Waals surface area contributed by atoms with E-state index in [9.17, 15) is 14.4 Å². The van der Waals surface area contributed by atoms with E-state index >= 15 is 0 Å². The number of carbonyl (C=O) groups excluding carboxylic acids is 3. The Kier molecular flexibility index (Phi) is 5.87. The van der Waals surface area contributed by atoms with E-state index in [0.29, 0.717) is 19.4 Å². The number of imide groups is 1. The van der Waals surface area contributed by atoms with Gasteiger partial charge in [0.05, 0.1) is 0 Å². The Morgan fingerprint density at radius 1 is 0.966 bits per heavy atom. The van der Waals surface area contributed by atoms with E-state index in [2.05, 4.69) is 15.5 Å². The minimum Gasteiger partial charge on any atom is -0.352 e. The van der Waals surface area contributed by atoms with Crippen molar-refractivity contribution >= 4 is 17.8 Å². The van der Waals surface area contributed by atoms with Gasteiger partial charge in [-0.1, -0.05) is 38.5 Å². The van der Waals surface area contributed by atoms with Crippen molar-refractivity contribution in [2.75, 3.05) is 19.6 Å². The topological polar surface area (TPSA) is 81.8 Å².